The third-order valence-electron chi connectivity index (χ3n) is 1.57. The van der Waals surface area contributed by atoms with E-state index in [4.69, 9.17) is 9.52 Å². The van der Waals surface area contributed by atoms with Crippen molar-refractivity contribution in [3.8, 4) is 0 Å². The van der Waals surface area contributed by atoms with E-state index in [1.54, 1.807) is 6.92 Å². The summed E-state index contributed by atoms with van der Waals surface area (Å²) in [5.41, 5.74) is 0.443. The van der Waals surface area contributed by atoms with E-state index >= 15 is 0 Å². The second-order valence-electron chi connectivity index (χ2n) is 3.00. The average Bonchev–Trinajstić information content (AvgIpc) is 2.47. The van der Waals surface area contributed by atoms with Gasteiger partial charge in [-0.2, -0.15) is 13.2 Å². The molecule has 0 amide bonds. The molecule has 8 heteroatoms. The Bertz CT molecular complexity index is 377. The van der Waals surface area contributed by atoms with Crippen LogP contribution in [-0.4, -0.2) is 27.5 Å². The maximum Gasteiger partial charge on any atom is 0.401 e. The molecule has 0 aliphatic rings. The molecule has 0 aliphatic heterocycles. The van der Waals surface area contributed by atoms with Crippen molar-refractivity contribution in [1.82, 2.24) is 4.98 Å². The van der Waals surface area contributed by atoms with Crippen LogP contribution in [0.1, 0.15) is 12.1 Å². The second kappa shape index (κ2) is 4.77. The van der Waals surface area contributed by atoms with Crippen LogP contribution < -0.4 is 0 Å². The van der Waals surface area contributed by atoms with Crippen molar-refractivity contribution in [2.45, 2.75) is 30.0 Å². The number of hydrogen-bond acceptors (Lipinski definition) is 4. The third kappa shape index (κ3) is 3.76. The lowest BCUT2D eigenvalue weighted by Crippen LogP contribution is -2.28. The Morgan fingerprint density at radius 1 is 1.69 bits per heavy atom. The number of carboxylic acid groups (broad SMARTS) is 1. The minimum absolute atomic E-state index is 0.180. The van der Waals surface area contributed by atoms with Gasteiger partial charge in [0.05, 0.1) is 12.1 Å². The predicted molar refractivity (Wildman–Crippen MR) is 49.2 cm³/mol. The molecule has 1 aromatic rings. The van der Waals surface area contributed by atoms with Crippen molar-refractivity contribution in [1.29, 1.82) is 0 Å². The fraction of sp³-hybridized carbons (Fsp3) is 0.500. The number of aryl methyl sites for hydroxylation is 1. The molecule has 0 saturated carbocycles. The van der Waals surface area contributed by atoms with E-state index in [-0.39, 0.29) is 17.0 Å². The number of aromatic nitrogens is 1. The van der Waals surface area contributed by atoms with E-state index in [0.29, 0.717) is 5.69 Å². The molecule has 16 heavy (non-hydrogen) atoms. The lowest BCUT2D eigenvalue weighted by molar-refractivity contribution is -0.150. The minimum Gasteiger partial charge on any atom is -0.481 e. The number of halogens is 3. The molecular weight excluding hydrogens is 247 g/mol. The van der Waals surface area contributed by atoms with Crippen LogP contribution in [0.5, 0.6) is 0 Å². The molecule has 0 fully saturated rings. The van der Waals surface area contributed by atoms with E-state index in [0.717, 1.165) is 0 Å². The largest absolute Gasteiger partial charge is 0.481 e. The van der Waals surface area contributed by atoms with E-state index < -0.39 is 23.8 Å². The van der Waals surface area contributed by atoms with Crippen molar-refractivity contribution in [2.24, 2.45) is 0 Å². The number of carboxylic acids is 1. The summed E-state index contributed by atoms with van der Waals surface area (Å²) in [5, 5.41) is 6.13. The molecule has 1 N–H and O–H groups in total. The molecule has 0 spiro atoms. The normalized spacial score (nSPS) is 13.8. The standard InChI is InChI=1S/C8H8F3NO3S/c1-4-3-15-7(12-4)16-5(2-6(13)14)8(9,10)11/h3,5H,2H2,1H3,(H,13,14). The van der Waals surface area contributed by atoms with Gasteiger partial charge < -0.3 is 9.52 Å². The van der Waals surface area contributed by atoms with Crippen LogP contribution in [0.3, 0.4) is 0 Å². The van der Waals surface area contributed by atoms with Crippen molar-refractivity contribution in [3.05, 3.63) is 12.0 Å². The van der Waals surface area contributed by atoms with E-state index in [1.165, 1.54) is 6.26 Å². The van der Waals surface area contributed by atoms with E-state index in [1.807, 2.05) is 0 Å². The zero-order valence-corrected chi connectivity index (χ0v) is 8.93. The summed E-state index contributed by atoms with van der Waals surface area (Å²) in [4.78, 5) is 14.0. The summed E-state index contributed by atoms with van der Waals surface area (Å²) in [6.45, 7) is 1.56. The van der Waals surface area contributed by atoms with Gasteiger partial charge in [-0.15, -0.1) is 0 Å². The number of carbonyl (C=O) groups is 1. The Hall–Kier alpha value is -1.18. The van der Waals surface area contributed by atoms with Crippen LogP contribution in [0.4, 0.5) is 13.2 Å². The molecule has 1 aromatic heterocycles. The summed E-state index contributed by atoms with van der Waals surface area (Å²) in [6, 6.07) is 0. The maximum atomic E-state index is 12.4. The monoisotopic (exact) mass is 255 g/mol. The Labute approximate surface area is 92.8 Å². The fourth-order valence-electron chi connectivity index (χ4n) is 0.891. The molecule has 1 heterocycles. The number of oxazole rings is 1. The zero-order valence-electron chi connectivity index (χ0n) is 8.11. The topological polar surface area (TPSA) is 63.3 Å². The predicted octanol–water partition coefficient (Wildman–Crippen LogP) is 2.48. The van der Waals surface area contributed by atoms with Gasteiger partial charge in [-0.25, -0.2) is 4.98 Å². The molecule has 1 unspecified atom stereocenters. The first-order valence-electron chi connectivity index (χ1n) is 4.16. The van der Waals surface area contributed by atoms with Gasteiger partial charge in [0.15, 0.2) is 0 Å². The van der Waals surface area contributed by atoms with Gasteiger partial charge in [-0.3, -0.25) is 4.79 Å². The molecule has 1 atom stereocenters. The number of alkyl halides is 3. The van der Waals surface area contributed by atoms with Crippen molar-refractivity contribution in [2.75, 3.05) is 0 Å². The number of thioether (sulfide) groups is 1. The van der Waals surface area contributed by atoms with E-state index in [9.17, 15) is 18.0 Å². The molecule has 1 rings (SSSR count). The summed E-state index contributed by atoms with van der Waals surface area (Å²) in [5.74, 6) is -1.52. The highest BCUT2D eigenvalue weighted by Crippen LogP contribution is 2.36. The Morgan fingerprint density at radius 2 is 2.31 bits per heavy atom. The van der Waals surface area contributed by atoms with Gasteiger partial charge in [-0.05, 0) is 6.92 Å². The molecular formula is C8H8F3NO3S. The molecule has 0 radical (unpaired) electrons. The average molecular weight is 255 g/mol. The van der Waals surface area contributed by atoms with Crippen molar-refractivity contribution >= 4 is 17.7 Å². The number of nitrogens with zero attached hydrogens (tertiary/aromatic N) is 1. The lowest BCUT2D eigenvalue weighted by Gasteiger charge is -2.15. The molecule has 0 saturated heterocycles. The first kappa shape index (κ1) is 12.9. The quantitative estimate of drug-likeness (QED) is 0.837. The van der Waals surface area contributed by atoms with Crippen molar-refractivity contribution in [3.63, 3.8) is 0 Å². The highest BCUT2D eigenvalue weighted by Gasteiger charge is 2.42. The Morgan fingerprint density at radius 3 is 2.69 bits per heavy atom. The maximum absolute atomic E-state index is 12.4. The van der Waals surface area contributed by atoms with Crippen molar-refractivity contribution < 1.29 is 27.5 Å². The highest BCUT2D eigenvalue weighted by molar-refractivity contribution is 7.99. The second-order valence-corrected chi connectivity index (χ2v) is 4.15. The summed E-state index contributed by atoms with van der Waals surface area (Å²) >= 11 is 0.261. The lowest BCUT2D eigenvalue weighted by atomic mass is 10.3. The van der Waals surface area contributed by atoms with Crippen LogP contribution in [0.15, 0.2) is 15.9 Å². The first-order chi connectivity index (χ1) is 7.29. The van der Waals surface area contributed by atoms with Crippen LogP contribution in [-0.2, 0) is 4.79 Å². The summed E-state index contributed by atoms with van der Waals surface area (Å²) < 4.78 is 42.0. The number of rotatable bonds is 4. The first-order valence-corrected chi connectivity index (χ1v) is 5.04. The molecule has 0 aliphatic carbocycles. The fourth-order valence-corrected chi connectivity index (χ4v) is 1.79. The summed E-state index contributed by atoms with van der Waals surface area (Å²) in [6.07, 6.45) is -4.42. The zero-order chi connectivity index (χ0) is 12.3. The molecule has 90 valence electrons. The van der Waals surface area contributed by atoms with Crippen LogP contribution in [0, 0.1) is 6.92 Å². The van der Waals surface area contributed by atoms with Gasteiger partial charge in [-0.1, -0.05) is 11.8 Å². The number of hydrogen-bond donors (Lipinski definition) is 1. The Balaban J connectivity index is 2.74. The smallest absolute Gasteiger partial charge is 0.401 e. The van der Waals surface area contributed by atoms with Crippen LogP contribution in [0.25, 0.3) is 0 Å². The van der Waals surface area contributed by atoms with Gasteiger partial charge in [0.1, 0.15) is 11.5 Å². The molecule has 0 bridgehead atoms. The Kier molecular flexibility index (Phi) is 3.84. The molecule has 4 nitrogen and oxygen atoms in total. The van der Waals surface area contributed by atoms with Crippen LogP contribution in [0.2, 0.25) is 0 Å². The molecule has 0 aromatic carbocycles. The van der Waals surface area contributed by atoms with Gasteiger partial charge in [0, 0.05) is 0 Å². The SMILES string of the molecule is Cc1coc(SC(CC(=O)O)C(F)(F)F)n1. The number of aliphatic carboxylic acids is 1. The van der Waals surface area contributed by atoms with Gasteiger partial charge in [0.25, 0.3) is 5.22 Å². The van der Waals surface area contributed by atoms with Gasteiger partial charge >= 0.3 is 12.1 Å². The minimum atomic E-state index is -4.61. The highest BCUT2D eigenvalue weighted by atomic mass is 32.2. The van der Waals surface area contributed by atoms with Crippen LogP contribution >= 0.6 is 11.8 Å². The van der Waals surface area contributed by atoms with E-state index in [2.05, 4.69) is 4.98 Å². The summed E-state index contributed by atoms with van der Waals surface area (Å²) in [7, 11) is 0. The van der Waals surface area contributed by atoms with Gasteiger partial charge in [0.2, 0.25) is 0 Å². The third-order valence-corrected chi connectivity index (χ3v) is 2.67.